The van der Waals surface area contributed by atoms with Gasteiger partial charge in [-0.15, -0.1) is 0 Å². The van der Waals surface area contributed by atoms with Crippen molar-refractivity contribution in [2.45, 2.75) is 40.0 Å². The standard InChI is InChI=1S/C17H23N3/c1-11-7-8-13(9-12(11)2)16-19-14(17(3,4)5)10-15(18-6)20-16/h7-10H,1-6H3,(H,18,19,20). The topological polar surface area (TPSA) is 37.8 Å². The van der Waals surface area contributed by atoms with Crippen LogP contribution in [0.5, 0.6) is 0 Å². The minimum atomic E-state index is 0.00301. The average molecular weight is 269 g/mol. The van der Waals surface area contributed by atoms with E-state index in [4.69, 9.17) is 4.98 Å². The molecule has 0 radical (unpaired) electrons. The van der Waals surface area contributed by atoms with Crippen molar-refractivity contribution in [1.82, 2.24) is 9.97 Å². The van der Waals surface area contributed by atoms with Gasteiger partial charge in [0.15, 0.2) is 5.82 Å². The molecule has 106 valence electrons. The Kier molecular flexibility index (Phi) is 3.80. The van der Waals surface area contributed by atoms with Gasteiger partial charge in [0, 0.05) is 24.1 Å². The van der Waals surface area contributed by atoms with Gasteiger partial charge in [-0.05, 0) is 31.0 Å². The van der Waals surface area contributed by atoms with Crippen molar-refractivity contribution >= 4 is 5.82 Å². The zero-order chi connectivity index (χ0) is 14.9. The predicted molar refractivity (Wildman–Crippen MR) is 85.2 cm³/mol. The molecule has 0 spiro atoms. The van der Waals surface area contributed by atoms with Crippen LogP contribution in [-0.2, 0) is 5.41 Å². The molecule has 0 bridgehead atoms. The summed E-state index contributed by atoms with van der Waals surface area (Å²) >= 11 is 0. The number of rotatable bonds is 2. The summed E-state index contributed by atoms with van der Waals surface area (Å²) in [6, 6.07) is 8.38. The zero-order valence-corrected chi connectivity index (χ0v) is 13.2. The van der Waals surface area contributed by atoms with Gasteiger partial charge in [-0.3, -0.25) is 0 Å². The molecule has 0 saturated heterocycles. The SMILES string of the molecule is CNc1cc(C(C)(C)C)nc(-c2ccc(C)c(C)c2)n1. The van der Waals surface area contributed by atoms with Crippen LogP contribution < -0.4 is 5.32 Å². The van der Waals surface area contributed by atoms with Gasteiger partial charge in [0.1, 0.15) is 5.82 Å². The number of aryl methyl sites for hydroxylation is 2. The van der Waals surface area contributed by atoms with Gasteiger partial charge in [-0.1, -0.05) is 32.9 Å². The first kappa shape index (κ1) is 14.5. The second kappa shape index (κ2) is 5.23. The Morgan fingerprint density at radius 3 is 2.20 bits per heavy atom. The van der Waals surface area contributed by atoms with Crippen LogP contribution in [0.4, 0.5) is 5.82 Å². The second-order valence-electron chi connectivity index (χ2n) is 6.26. The number of nitrogens with one attached hydrogen (secondary N) is 1. The molecule has 0 atom stereocenters. The normalized spacial score (nSPS) is 11.5. The van der Waals surface area contributed by atoms with E-state index in [0.717, 1.165) is 22.9 Å². The fourth-order valence-corrected chi connectivity index (χ4v) is 1.97. The number of anilines is 1. The predicted octanol–water partition coefficient (Wildman–Crippen LogP) is 4.10. The van der Waals surface area contributed by atoms with Crippen LogP contribution in [0, 0.1) is 13.8 Å². The molecule has 0 amide bonds. The third-order valence-electron chi connectivity index (χ3n) is 3.52. The number of nitrogens with zero attached hydrogens (tertiary/aromatic N) is 2. The Bertz CT molecular complexity index is 625. The molecular formula is C17H23N3. The van der Waals surface area contributed by atoms with Gasteiger partial charge in [0.2, 0.25) is 0 Å². The van der Waals surface area contributed by atoms with E-state index in [2.05, 4.69) is 63.1 Å². The molecule has 1 aromatic carbocycles. The molecule has 0 unspecified atom stereocenters. The second-order valence-corrected chi connectivity index (χ2v) is 6.26. The summed E-state index contributed by atoms with van der Waals surface area (Å²) < 4.78 is 0. The first-order valence-corrected chi connectivity index (χ1v) is 6.96. The molecule has 2 aromatic rings. The van der Waals surface area contributed by atoms with Gasteiger partial charge in [0.05, 0.1) is 5.69 Å². The monoisotopic (exact) mass is 269 g/mol. The highest BCUT2D eigenvalue weighted by atomic mass is 15.0. The maximum Gasteiger partial charge on any atom is 0.161 e. The van der Waals surface area contributed by atoms with Crippen LogP contribution in [-0.4, -0.2) is 17.0 Å². The number of benzene rings is 1. The first-order chi connectivity index (χ1) is 9.31. The maximum atomic E-state index is 4.74. The minimum Gasteiger partial charge on any atom is -0.373 e. The molecule has 2 rings (SSSR count). The molecular weight excluding hydrogens is 246 g/mol. The van der Waals surface area contributed by atoms with Crippen LogP contribution in [0.25, 0.3) is 11.4 Å². The van der Waals surface area contributed by atoms with Crippen LogP contribution in [0.1, 0.15) is 37.6 Å². The largest absolute Gasteiger partial charge is 0.373 e. The van der Waals surface area contributed by atoms with E-state index < -0.39 is 0 Å². The van der Waals surface area contributed by atoms with Crippen LogP contribution in [0.3, 0.4) is 0 Å². The van der Waals surface area contributed by atoms with Gasteiger partial charge in [-0.25, -0.2) is 9.97 Å². The Morgan fingerprint density at radius 1 is 0.950 bits per heavy atom. The Morgan fingerprint density at radius 2 is 1.65 bits per heavy atom. The van der Waals surface area contributed by atoms with Crippen molar-refractivity contribution in [2.75, 3.05) is 12.4 Å². The zero-order valence-electron chi connectivity index (χ0n) is 13.2. The van der Waals surface area contributed by atoms with Crippen molar-refractivity contribution < 1.29 is 0 Å². The van der Waals surface area contributed by atoms with E-state index >= 15 is 0 Å². The van der Waals surface area contributed by atoms with Crippen molar-refractivity contribution in [1.29, 1.82) is 0 Å². The molecule has 3 heteroatoms. The van der Waals surface area contributed by atoms with E-state index in [-0.39, 0.29) is 5.41 Å². The minimum absolute atomic E-state index is 0.00301. The summed E-state index contributed by atoms with van der Waals surface area (Å²) in [5.41, 5.74) is 4.66. The van der Waals surface area contributed by atoms with Crippen molar-refractivity contribution in [3.63, 3.8) is 0 Å². The number of aromatic nitrogens is 2. The van der Waals surface area contributed by atoms with Crippen molar-refractivity contribution in [3.8, 4) is 11.4 Å². The third kappa shape index (κ3) is 2.98. The van der Waals surface area contributed by atoms with E-state index in [9.17, 15) is 0 Å². The summed E-state index contributed by atoms with van der Waals surface area (Å²) in [4.78, 5) is 9.33. The lowest BCUT2D eigenvalue weighted by Crippen LogP contribution is -2.15. The Balaban J connectivity index is 2.58. The summed E-state index contributed by atoms with van der Waals surface area (Å²) in [7, 11) is 1.89. The molecule has 3 nitrogen and oxygen atoms in total. The third-order valence-corrected chi connectivity index (χ3v) is 3.52. The summed E-state index contributed by atoms with van der Waals surface area (Å²) in [5.74, 6) is 1.64. The smallest absolute Gasteiger partial charge is 0.161 e. The fourth-order valence-electron chi connectivity index (χ4n) is 1.97. The molecule has 20 heavy (non-hydrogen) atoms. The highest BCUT2D eigenvalue weighted by molar-refractivity contribution is 5.59. The molecule has 1 N–H and O–H groups in total. The number of hydrogen-bond donors (Lipinski definition) is 1. The average Bonchev–Trinajstić information content (AvgIpc) is 2.40. The molecule has 0 saturated carbocycles. The molecule has 0 aliphatic rings. The van der Waals surface area contributed by atoms with E-state index in [1.165, 1.54) is 11.1 Å². The molecule has 0 aliphatic carbocycles. The summed E-state index contributed by atoms with van der Waals surface area (Å²) in [6.07, 6.45) is 0. The molecule has 1 aromatic heterocycles. The van der Waals surface area contributed by atoms with Crippen LogP contribution >= 0.6 is 0 Å². The van der Waals surface area contributed by atoms with Crippen LogP contribution in [0.2, 0.25) is 0 Å². The quantitative estimate of drug-likeness (QED) is 0.892. The van der Waals surface area contributed by atoms with Gasteiger partial charge >= 0.3 is 0 Å². The highest BCUT2D eigenvalue weighted by Gasteiger charge is 2.18. The van der Waals surface area contributed by atoms with E-state index in [1.807, 2.05) is 13.1 Å². The lowest BCUT2D eigenvalue weighted by Gasteiger charge is -2.19. The van der Waals surface area contributed by atoms with E-state index in [1.54, 1.807) is 0 Å². The maximum absolute atomic E-state index is 4.74. The lowest BCUT2D eigenvalue weighted by molar-refractivity contribution is 0.568. The van der Waals surface area contributed by atoms with Crippen molar-refractivity contribution in [3.05, 3.63) is 41.1 Å². The highest BCUT2D eigenvalue weighted by Crippen LogP contribution is 2.26. The van der Waals surface area contributed by atoms with Gasteiger partial charge < -0.3 is 5.32 Å². The molecule has 1 heterocycles. The van der Waals surface area contributed by atoms with Gasteiger partial charge in [0.25, 0.3) is 0 Å². The molecule has 0 aliphatic heterocycles. The first-order valence-electron chi connectivity index (χ1n) is 6.96. The number of hydrogen-bond acceptors (Lipinski definition) is 3. The van der Waals surface area contributed by atoms with Gasteiger partial charge in [-0.2, -0.15) is 0 Å². The van der Waals surface area contributed by atoms with E-state index in [0.29, 0.717) is 0 Å². The lowest BCUT2D eigenvalue weighted by atomic mass is 9.91. The van der Waals surface area contributed by atoms with Crippen LogP contribution in [0.15, 0.2) is 24.3 Å². The fraction of sp³-hybridized carbons (Fsp3) is 0.412. The molecule has 0 fully saturated rings. The summed E-state index contributed by atoms with van der Waals surface area (Å²) in [6.45, 7) is 10.7. The van der Waals surface area contributed by atoms with Crippen molar-refractivity contribution in [2.24, 2.45) is 0 Å². The Hall–Kier alpha value is -1.90. The Labute approximate surface area is 121 Å². The summed E-state index contributed by atoms with van der Waals surface area (Å²) in [5, 5.41) is 3.12.